The molecule has 0 aromatic carbocycles. The molecule has 3 atom stereocenters. The van der Waals surface area contributed by atoms with E-state index in [0.717, 1.165) is 0 Å². The van der Waals surface area contributed by atoms with Crippen molar-refractivity contribution in [3.8, 4) is 0 Å². The maximum Gasteiger partial charge on any atom is 0.328 e. The number of carbonyl (C=O) groups excluding carboxylic acids is 1. The van der Waals surface area contributed by atoms with Crippen molar-refractivity contribution in [1.29, 1.82) is 0 Å². The average molecular weight is 406 g/mol. The molecule has 1 N–H and O–H groups in total. The van der Waals surface area contributed by atoms with E-state index in [9.17, 15) is 9.35 Å². The van der Waals surface area contributed by atoms with Crippen LogP contribution in [0.2, 0.25) is 18.1 Å². The molecule has 0 aliphatic heterocycles. The Kier molecular flexibility index (Phi) is 10.1. The fraction of sp³-hybridized carbons (Fsp3) is 0.842. The Morgan fingerprint density at radius 2 is 1.81 bits per heavy atom. The van der Waals surface area contributed by atoms with Crippen molar-refractivity contribution in [3.05, 3.63) is 12.7 Å². The topological polar surface area (TPSA) is 70.6 Å². The fourth-order valence-electron chi connectivity index (χ4n) is 1.92. The maximum atomic E-state index is 12.5. The van der Waals surface area contributed by atoms with Crippen LogP contribution in [0.1, 0.15) is 54.9 Å². The number of rotatable bonds is 10. The average Bonchev–Trinajstić information content (AvgIpc) is 2.47. The Balaban J connectivity index is 5.12. The molecule has 26 heavy (non-hydrogen) atoms. The predicted molar refractivity (Wildman–Crippen MR) is 113 cm³/mol. The van der Waals surface area contributed by atoms with E-state index in [-0.39, 0.29) is 17.6 Å². The van der Waals surface area contributed by atoms with Gasteiger partial charge in [0.2, 0.25) is 0 Å². The highest BCUT2D eigenvalue weighted by Gasteiger charge is 2.39. The first-order chi connectivity index (χ1) is 11.7. The van der Waals surface area contributed by atoms with Gasteiger partial charge in [0.05, 0.1) is 6.61 Å². The Bertz CT molecular complexity index is 457. The first-order valence-electron chi connectivity index (χ1n) is 9.28. The molecule has 154 valence electrons. The van der Waals surface area contributed by atoms with Gasteiger partial charge in [-0.15, -0.1) is 11.3 Å². The molecule has 0 fully saturated rings. The van der Waals surface area contributed by atoms with Crippen LogP contribution in [-0.4, -0.2) is 42.8 Å². The Morgan fingerprint density at radius 3 is 2.19 bits per heavy atom. The van der Waals surface area contributed by atoms with Crippen molar-refractivity contribution >= 4 is 25.6 Å². The zero-order valence-electron chi connectivity index (χ0n) is 18.1. The van der Waals surface area contributed by atoms with Gasteiger partial charge in [0.25, 0.3) is 0 Å². The van der Waals surface area contributed by atoms with E-state index in [1.165, 1.54) is 0 Å². The number of ether oxygens (including phenoxy) is 1. The van der Waals surface area contributed by atoms with Gasteiger partial charge in [0.15, 0.2) is 14.4 Å². The van der Waals surface area contributed by atoms with Gasteiger partial charge in [-0.25, -0.2) is 0 Å². The first kappa shape index (κ1) is 25.7. The molecule has 1 unspecified atom stereocenters. The standard InChI is InChI=1S/C19H39NO4SSi/c1-11-15(13-14-24-26(9,10)19(6,7)8)16(17(21)23-12-2)20-25(22)18(3,4)5/h11,15-16,20H,1,12-14H2,2-10H3/t15-,16-,25?/m0/s1. The lowest BCUT2D eigenvalue weighted by atomic mass is 9.97. The highest BCUT2D eigenvalue weighted by Crippen LogP contribution is 2.36. The molecule has 0 aromatic rings. The molecule has 0 amide bonds. The third-order valence-corrected chi connectivity index (χ3v) is 10.9. The minimum atomic E-state index is -1.85. The highest BCUT2D eigenvalue weighted by atomic mass is 32.2. The summed E-state index contributed by atoms with van der Waals surface area (Å²) in [4.78, 5) is 12.4. The number of hydrogen-bond donors (Lipinski definition) is 1. The monoisotopic (exact) mass is 405 g/mol. The molecule has 5 nitrogen and oxygen atoms in total. The summed E-state index contributed by atoms with van der Waals surface area (Å²) in [7, 11) is -1.85. The molecule has 0 bridgehead atoms. The van der Waals surface area contributed by atoms with Crippen molar-refractivity contribution in [3.63, 3.8) is 0 Å². The summed E-state index contributed by atoms with van der Waals surface area (Å²) < 4.78 is 26.4. The molecule has 0 aromatic heterocycles. The summed E-state index contributed by atoms with van der Waals surface area (Å²) >= 11 is -1.38. The quantitative estimate of drug-likeness (QED) is 0.255. The molecule has 0 radical (unpaired) electrons. The van der Waals surface area contributed by atoms with Gasteiger partial charge >= 0.3 is 5.97 Å². The SMILES string of the molecule is C=C[C@@H](CCO[Si](C)(C)C(C)(C)C)[C@H](N[S+]([O-])C(C)(C)C)C(=O)OCC. The van der Waals surface area contributed by atoms with Gasteiger partial charge in [-0.1, -0.05) is 26.8 Å². The van der Waals surface area contributed by atoms with E-state index >= 15 is 0 Å². The largest absolute Gasteiger partial charge is 0.598 e. The molecule has 0 saturated carbocycles. The van der Waals surface area contributed by atoms with Crippen LogP contribution < -0.4 is 4.72 Å². The Labute approximate surface area is 164 Å². The number of hydrogen-bond acceptors (Lipinski definition) is 5. The van der Waals surface area contributed by atoms with Gasteiger partial charge in [0.1, 0.15) is 4.75 Å². The summed E-state index contributed by atoms with van der Waals surface area (Å²) in [6.07, 6.45) is 2.34. The van der Waals surface area contributed by atoms with Gasteiger partial charge in [0, 0.05) is 23.9 Å². The number of nitrogens with one attached hydrogen (secondary N) is 1. The van der Waals surface area contributed by atoms with Crippen molar-refractivity contribution in [2.24, 2.45) is 5.92 Å². The normalized spacial score (nSPS) is 16.7. The summed E-state index contributed by atoms with van der Waals surface area (Å²) in [5.74, 6) is -0.618. The van der Waals surface area contributed by atoms with E-state index in [2.05, 4.69) is 45.2 Å². The smallest absolute Gasteiger partial charge is 0.328 e. The van der Waals surface area contributed by atoms with E-state index in [1.54, 1.807) is 13.0 Å². The zero-order valence-corrected chi connectivity index (χ0v) is 19.9. The summed E-state index contributed by atoms with van der Waals surface area (Å²) in [6, 6.07) is -0.699. The van der Waals surface area contributed by atoms with Gasteiger partial charge < -0.3 is 13.7 Å². The van der Waals surface area contributed by atoms with Crippen LogP contribution in [0.15, 0.2) is 12.7 Å². The molecule has 7 heteroatoms. The number of carbonyl (C=O) groups is 1. The van der Waals surface area contributed by atoms with Crippen LogP contribution in [0.4, 0.5) is 0 Å². The van der Waals surface area contributed by atoms with E-state index < -0.39 is 36.4 Å². The van der Waals surface area contributed by atoms with Crippen LogP contribution in [0.5, 0.6) is 0 Å². The highest BCUT2D eigenvalue weighted by molar-refractivity contribution is 7.90. The van der Waals surface area contributed by atoms with Crippen LogP contribution in [0.3, 0.4) is 0 Å². The molecule has 0 heterocycles. The lowest BCUT2D eigenvalue weighted by molar-refractivity contribution is -0.146. The Hall–Kier alpha value is -0.343. The molecule has 0 spiro atoms. The third-order valence-electron chi connectivity index (χ3n) is 4.78. The Morgan fingerprint density at radius 1 is 1.27 bits per heavy atom. The van der Waals surface area contributed by atoms with Crippen molar-refractivity contribution in [1.82, 2.24) is 4.72 Å². The van der Waals surface area contributed by atoms with Gasteiger partial charge in [-0.3, -0.25) is 4.79 Å². The van der Waals surface area contributed by atoms with E-state index in [4.69, 9.17) is 9.16 Å². The molecule has 0 aliphatic rings. The predicted octanol–water partition coefficient (Wildman–Crippen LogP) is 4.18. The molecular weight excluding hydrogens is 366 g/mol. The van der Waals surface area contributed by atoms with Crippen LogP contribution in [0.25, 0.3) is 0 Å². The second kappa shape index (κ2) is 10.3. The van der Waals surface area contributed by atoms with Gasteiger partial charge in [-0.2, -0.15) is 0 Å². The molecule has 0 rings (SSSR count). The third kappa shape index (κ3) is 8.13. The van der Waals surface area contributed by atoms with Gasteiger partial charge in [-0.05, 0) is 52.2 Å². The maximum absolute atomic E-state index is 12.5. The van der Waals surface area contributed by atoms with Crippen molar-refractivity contribution in [2.75, 3.05) is 13.2 Å². The second-order valence-corrected chi connectivity index (χ2v) is 15.8. The number of esters is 1. The van der Waals surface area contributed by atoms with Crippen LogP contribution in [0, 0.1) is 5.92 Å². The second-order valence-electron chi connectivity index (χ2n) is 9.03. The van der Waals surface area contributed by atoms with Crippen molar-refractivity contribution < 1.29 is 18.5 Å². The molecular formula is C19H39NO4SSi. The molecule has 0 aliphatic carbocycles. The minimum absolute atomic E-state index is 0.128. The van der Waals surface area contributed by atoms with E-state index in [1.807, 2.05) is 20.8 Å². The lowest BCUT2D eigenvalue weighted by Gasteiger charge is -2.36. The fourth-order valence-corrected chi connectivity index (χ4v) is 3.84. The van der Waals surface area contributed by atoms with Crippen LogP contribution >= 0.6 is 0 Å². The zero-order chi connectivity index (χ0) is 20.8. The summed E-state index contributed by atoms with van der Waals surface area (Å²) in [5.41, 5.74) is 0. The summed E-state index contributed by atoms with van der Waals surface area (Å²) in [5, 5.41) is 0.128. The molecule has 0 saturated heterocycles. The van der Waals surface area contributed by atoms with Crippen LogP contribution in [-0.2, 0) is 25.3 Å². The summed E-state index contributed by atoms with van der Waals surface area (Å²) in [6.45, 7) is 23.0. The van der Waals surface area contributed by atoms with Crippen molar-refractivity contribution in [2.45, 2.75) is 83.8 Å². The first-order valence-corrected chi connectivity index (χ1v) is 13.3. The lowest BCUT2D eigenvalue weighted by Crippen LogP contribution is -2.51. The van der Waals surface area contributed by atoms with E-state index in [0.29, 0.717) is 13.0 Å². The minimum Gasteiger partial charge on any atom is -0.598 e.